The summed E-state index contributed by atoms with van der Waals surface area (Å²) in [6, 6.07) is 25.0. The van der Waals surface area contributed by atoms with Crippen molar-refractivity contribution >= 4 is 5.91 Å². The quantitative estimate of drug-likeness (QED) is 0.297. The monoisotopic (exact) mass is 524 g/mol. The number of hydrogen-bond acceptors (Lipinski definition) is 5. The van der Waals surface area contributed by atoms with Crippen LogP contribution in [0.4, 0.5) is 4.39 Å². The molecule has 0 radical (unpaired) electrons. The van der Waals surface area contributed by atoms with Gasteiger partial charge in [0.15, 0.2) is 5.82 Å². The van der Waals surface area contributed by atoms with Crippen molar-refractivity contribution in [2.75, 3.05) is 19.7 Å². The molecule has 1 aromatic heterocycles. The van der Waals surface area contributed by atoms with E-state index >= 15 is 0 Å². The Morgan fingerprint density at radius 3 is 2.38 bits per heavy atom. The number of amides is 1. The van der Waals surface area contributed by atoms with Crippen molar-refractivity contribution < 1.29 is 13.9 Å². The summed E-state index contributed by atoms with van der Waals surface area (Å²) in [4.78, 5) is 23.8. The van der Waals surface area contributed by atoms with E-state index in [2.05, 4.69) is 63.5 Å². The van der Waals surface area contributed by atoms with Crippen LogP contribution >= 0.6 is 0 Å². The van der Waals surface area contributed by atoms with Crippen LogP contribution in [-0.4, -0.2) is 46.5 Å². The van der Waals surface area contributed by atoms with E-state index in [0.717, 1.165) is 38.1 Å². The highest BCUT2D eigenvalue weighted by Gasteiger charge is 2.28. The van der Waals surface area contributed by atoms with Crippen molar-refractivity contribution in [1.29, 1.82) is 0 Å². The third-order valence-corrected chi connectivity index (χ3v) is 7.23. The molecule has 2 heterocycles. The molecule has 1 atom stereocenters. The Morgan fingerprint density at radius 2 is 1.72 bits per heavy atom. The number of aryl methyl sites for hydroxylation is 1. The third kappa shape index (κ3) is 6.86. The second kappa shape index (κ2) is 12.6. The highest BCUT2D eigenvalue weighted by Crippen LogP contribution is 2.26. The molecule has 1 aliphatic heterocycles. The van der Waals surface area contributed by atoms with Gasteiger partial charge in [0.1, 0.15) is 18.2 Å². The van der Waals surface area contributed by atoms with E-state index in [4.69, 9.17) is 4.74 Å². The summed E-state index contributed by atoms with van der Waals surface area (Å²) < 4.78 is 19.7. The number of piperidine rings is 1. The zero-order valence-corrected chi connectivity index (χ0v) is 22.1. The maximum absolute atomic E-state index is 13.5. The molecule has 1 fully saturated rings. The van der Waals surface area contributed by atoms with Gasteiger partial charge in [-0.3, -0.25) is 9.69 Å². The number of rotatable bonds is 9. The van der Waals surface area contributed by atoms with Gasteiger partial charge in [-0.2, -0.15) is 0 Å². The van der Waals surface area contributed by atoms with E-state index in [-0.39, 0.29) is 23.8 Å². The lowest BCUT2D eigenvalue weighted by atomic mass is 9.99. The number of aromatic nitrogens is 2. The lowest BCUT2D eigenvalue weighted by molar-refractivity contribution is 0.0837. The average molecular weight is 525 g/mol. The van der Waals surface area contributed by atoms with Crippen LogP contribution in [0.25, 0.3) is 11.4 Å². The molecule has 7 heteroatoms. The SMILES string of the molecule is CCc1ccc(OCC(c2ccccc2)N2CCC(NC(=O)c3cnc(-c4cccc(F)c4)nc3)CC2)cc1. The Kier molecular flexibility index (Phi) is 8.58. The first-order valence-electron chi connectivity index (χ1n) is 13.5. The first-order valence-corrected chi connectivity index (χ1v) is 13.5. The molecule has 0 saturated carbocycles. The molecule has 1 saturated heterocycles. The minimum absolute atomic E-state index is 0.0653. The summed E-state index contributed by atoms with van der Waals surface area (Å²) in [6.45, 7) is 4.39. The summed E-state index contributed by atoms with van der Waals surface area (Å²) in [6.07, 6.45) is 5.66. The van der Waals surface area contributed by atoms with Gasteiger partial charge in [0.2, 0.25) is 0 Å². The number of halogens is 1. The van der Waals surface area contributed by atoms with E-state index in [1.807, 2.05) is 18.2 Å². The largest absolute Gasteiger partial charge is 0.492 e. The number of carbonyl (C=O) groups is 1. The van der Waals surface area contributed by atoms with Crippen LogP contribution in [0.15, 0.2) is 91.3 Å². The highest BCUT2D eigenvalue weighted by atomic mass is 19.1. The third-order valence-electron chi connectivity index (χ3n) is 7.23. The normalized spacial score (nSPS) is 15.0. The van der Waals surface area contributed by atoms with Crippen LogP contribution in [0.1, 0.15) is 47.3 Å². The fraction of sp³-hybridized carbons (Fsp3) is 0.281. The molecule has 5 rings (SSSR count). The van der Waals surface area contributed by atoms with Gasteiger partial charge in [0.05, 0.1) is 11.6 Å². The number of nitrogens with zero attached hydrogens (tertiary/aromatic N) is 3. The Balaban J connectivity index is 1.17. The van der Waals surface area contributed by atoms with Crippen LogP contribution in [0.5, 0.6) is 5.75 Å². The lowest BCUT2D eigenvalue weighted by Gasteiger charge is -2.38. The van der Waals surface area contributed by atoms with Gasteiger partial charge in [-0.1, -0.05) is 61.5 Å². The van der Waals surface area contributed by atoms with E-state index in [1.54, 1.807) is 12.1 Å². The number of carbonyl (C=O) groups excluding carboxylic acids is 1. The van der Waals surface area contributed by atoms with Gasteiger partial charge < -0.3 is 10.1 Å². The van der Waals surface area contributed by atoms with Crippen LogP contribution in [0.3, 0.4) is 0 Å². The molecular formula is C32H33FN4O2. The topological polar surface area (TPSA) is 67.3 Å². The van der Waals surface area contributed by atoms with Crippen molar-refractivity contribution in [1.82, 2.24) is 20.2 Å². The van der Waals surface area contributed by atoms with Crippen LogP contribution in [0.2, 0.25) is 0 Å². The second-order valence-electron chi connectivity index (χ2n) is 9.82. The minimum atomic E-state index is -0.351. The van der Waals surface area contributed by atoms with Crippen molar-refractivity contribution in [3.63, 3.8) is 0 Å². The lowest BCUT2D eigenvalue weighted by Crippen LogP contribution is -2.46. The number of nitrogens with one attached hydrogen (secondary N) is 1. The Hall–Kier alpha value is -4.10. The van der Waals surface area contributed by atoms with Gasteiger partial charge in [0, 0.05) is 37.1 Å². The molecule has 200 valence electrons. The average Bonchev–Trinajstić information content (AvgIpc) is 2.99. The van der Waals surface area contributed by atoms with Gasteiger partial charge in [-0.05, 0) is 54.7 Å². The standard InChI is InChI=1S/C32H33FN4O2/c1-2-23-11-13-29(14-12-23)39-22-30(24-7-4-3-5-8-24)37-17-15-28(16-18-37)36-32(38)26-20-34-31(35-21-26)25-9-6-10-27(33)19-25/h3-14,19-21,28,30H,2,15-18,22H2,1H3,(H,36,38). The van der Waals surface area contributed by atoms with Crippen molar-refractivity contribution in [2.24, 2.45) is 0 Å². The zero-order valence-electron chi connectivity index (χ0n) is 22.1. The van der Waals surface area contributed by atoms with Crippen molar-refractivity contribution in [2.45, 2.75) is 38.3 Å². The summed E-state index contributed by atoms with van der Waals surface area (Å²) >= 11 is 0. The summed E-state index contributed by atoms with van der Waals surface area (Å²) in [5.41, 5.74) is 3.48. The van der Waals surface area contributed by atoms with Gasteiger partial charge >= 0.3 is 0 Å². The first-order chi connectivity index (χ1) is 19.1. The summed E-state index contributed by atoms with van der Waals surface area (Å²) in [7, 11) is 0. The number of likely N-dealkylation sites (tertiary alicyclic amines) is 1. The predicted molar refractivity (Wildman–Crippen MR) is 150 cm³/mol. The zero-order chi connectivity index (χ0) is 27.0. The number of ether oxygens (including phenoxy) is 1. The van der Waals surface area contributed by atoms with E-state index in [9.17, 15) is 9.18 Å². The second-order valence-corrected chi connectivity index (χ2v) is 9.82. The van der Waals surface area contributed by atoms with E-state index in [1.165, 1.54) is 35.7 Å². The summed E-state index contributed by atoms with van der Waals surface area (Å²) in [5, 5.41) is 3.13. The molecule has 6 nitrogen and oxygen atoms in total. The molecule has 1 N–H and O–H groups in total. The summed E-state index contributed by atoms with van der Waals surface area (Å²) in [5.74, 6) is 0.712. The molecule has 39 heavy (non-hydrogen) atoms. The van der Waals surface area contributed by atoms with Crippen LogP contribution in [-0.2, 0) is 6.42 Å². The molecule has 0 spiro atoms. The highest BCUT2D eigenvalue weighted by molar-refractivity contribution is 5.93. The molecule has 0 aliphatic carbocycles. The molecule has 1 amide bonds. The van der Waals surface area contributed by atoms with Crippen molar-refractivity contribution in [3.05, 3.63) is 114 Å². The van der Waals surface area contributed by atoms with E-state index < -0.39 is 0 Å². The Bertz CT molecular complexity index is 1360. The fourth-order valence-corrected chi connectivity index (χ4v) is 4.93. The van der Waals surface area contributed by atoms with Crippen molar-refractivity contribution in [3.8, 4) is 17.1 Å². The number of hydrogen-bond donors (Lipinski definition) is 1. The maximum Gasteiger partial charge on any atom is 0.254 e. The Labute approximate surface area is 228 Å². The molecule has 1 unspecified atom stereocenters. The van der Waals surface area contributed by atoms with Gasteiger partial charge in [-0.15, -0.1) is 0 Å². The fourth-order valence-electron chi connectivity index (χ4n) is 4.93. The first kappa shape index (κ1) is 26.5. The maximum atomic E-state index is 13.5. The number of benzene rings is 3. The predicted octanol–water partition coefficient (Wildman–Crippen LogP) is 5.86. The molecule has 0 bridgehead atoms. The smallest absolute Gasteiger partial charge is 0.254 e. The van der Waals surface area contributed by atoms with Gasteiger partial charge in [-0.25, -0.2) is 14.4 Å². The van der Waals surface area contributed by atoms with E-state index in [0.29, 0.717) is 23.6 Å². The Morgan fingerprint density at radius 1 is 1.00 bits per heavy atom. The van der Waals surface area contributed by atoms with Gasteiger partial charge in [0.25, 0.3) is 5.91 Å². The molecular weight excluding hydrogens is 491 g/mol. The molecule has 3 aromatic carbocycles. The van der Waals surface area contributed by atoms with Crippen LogP contribution < -0.4 is 10.1 Å². The molecule has 1 aliphatic rings. The molecule has 4 aromatic rings. The van der Waals surface area contributed by atoms with Crippen LogP contribution in [0, 0.1) is 5.82 Å². The minimum Gasteiger partial charge on any atom is -0.492 e.